The number of fused-ring (bicyclic) bond motifs is 1. The van der Waals surface area contributed by atoms with Crippen LogP contribution in [0.5, 0.6) is 0 Å². The molecule has 0 aliphatic heterocycles. The van der Waals surface area contributed by atoms with Gasteiger partial charge < -0.3 is 25.9 Å². The molecule has 10 nitrogen and oxygen atoms in total. The van der Waals surface area contributed by atoms with Crippen molar-refractivity contribution in [2.75, 3.05) is 6.54 Å². The van der Waals surface area contributed by atoms with Crippen LogP contribution in [0.2, 0.25) is 0 Å². The number of carboxylic acid groups (broad SMARTS) is 1. The number of aldehydes is 1. The highest BCUT2D eigenvalue weighted by Crippen LogP contribution is 2.35. The molecular weight excluding hydrogens is 500 g/mol. The maximum absolute atomic E-state index is 13.9. The van der Waals surface area contributed by atoms with E-state index in [1.54, 1.807) is 18.2 Å². The van der Waals surface area contributed by atoms with E-state index >= 15 is 0 Å². The van der Waals surface area contributed by atoms with Crippen molar-refractivity contribution in [1.29, 1.82) is 0 Å². The Hall–Kier alpha value is -4.60. The highest BCUT2D eigenvalue weighted by molar-refractivity contribution is 6.07. The van der Waals surface area contributed by atoms with E-state index in [-0.39, 0.29) is 12.1 Å². The number of aliphatic carboxylic acids is 1. The average Bonchev–Trinajstić information content (AvgIpc) is 2.90. The first kappa shape index (κ1) is 29.0. The molecule has 39 heavy (non-hydrogen) atoms. The monoisotopic (exact) mass is 532 g/mol. The Kier molecular flexibility index (Phi) is 9.13. The van der Waals surface area contributed by atoms with Crippen molar-refractivity contribution in [3.63, 3.8) is 0 Å². The quantitative estimate of drug-likeness (QED) is 0.276. The molecule has 0 spiro atoms. The number of carbonyl (C=O) groups is 5. The number of hydrogen-bond donors (Lipinski definition) is 4. The molecule has 1 unspecified atom stereocenters. The van der Waals surface area contributed by atoms with Gasteiger partial charge in [0.05, 0.1) is 19.0 Å². The molecule has 3 amide bonds. The molecule has 0 radical (unpaired) electrons. The van der Waals surface area contributed by atoms with E-state index in [0.29, 0.717) is 11.7 Å². The number of nitrogens with zero attached hydrogens (tertiary/aromatic N) is 1. The fraction of sp³-hybridized carbons (Fsp3) is 0.310. The molecule has 1 aromatic heterocycles. The molecule has 0 aliphatic carbocycles. The lowest BCUT2D eigenvalue weighted by molar-refractivity contribution is -0.139. The van der Waals surface area contributed by atoms with Gasteiger partial charge in [0.25, 0.3) is 5.91 Å². The number of nitrogens with one attached hydrogen (secondary N) is 3. The van der Waals surface area contributed by atoms with Gasteiger partial charge in [0.2, 0.25) is 11.8 Å². The van der Waals surface area contributed by atoms with Crippen LogP contribution in [0.15, 0.2) is 66.9 Å². The Morgan fingerprint density at radius 3 is 2.28 bits per heavy atom. The van der Waals surface area contributed by atoms with Gasteiger partial charge in [0.1, 0.15) is 17.5 Å². The number of rotatable bonds is 11. The average molecular weight is 533 g/mol. The maximum Gasteiger partial charge on any atom is 0.305 e. The second-order valence-corrected chi connectivity index (χ2v) is 10.2. The maximum atomic E-state index is 13.9. The number of aromatic nitrogens is 1. The summed E-state index contributed by atoms with van der Waals surface area (Å²) in [5.41, 5.74) is -1.45. The largest absolute Gasteiger partial charge is 0.481 e. The summed E-state index contributed by atoms with van der Waals surface area (Å²) >= 11 is 0. The third-order valence-electron chi connectivity index (χ3n) is 6.51. The number of benzene rings is 2. The predicted molar refractivity (Wildman–Crippen MR) is 145 cm³/mol. The topological polar surface area (TPSA) is 155 Å². The summed E-state index contributed by atoms with van der Waals surface area (Å²) in [7, 11) is 0. The number of hydrogen-bond acceptors (Lipinski definition) is 6. The lowest BCUT2D eigenvalue weighted by Gasteiger charge is -2.44. The minimum absolute atomic E-state index is 0.108. The Balaban J connectivity index is 1.95. The van der Waals surface area contributed by atoms with Gasteiger partial charge in [-0.05, 0) is 22.4 Å². The zero-order valence-electron chi connectivity index (χ0n) is 22.1. The van der Waals surface area contributed by atoms with Crippen molar-refractivity contribution >= 4 is 40.7 Å². The van der Waals surface area contributed by atoms with Gasteiger partial charge in [0, 0.05) is 18.0 Å². The van der Waals surface area contributed by atoms with Crippen LogP contribution in [0.4, 0.5) is 0 Å². The molecule has 2 atom stereocenters. The van der Waals surface area contributed by atoms with Crippen LogP contribution >= 0.6 is 0 Å². The van der Waals surface area contributed by atoms with E-state index in [1.807, 2.05) is 63.2 Å². The fourth-order valence-electron chi connectivity index (χ4n) is 4.32. The van der Waals surface area contributed by atoms with Gasteiger partial charge >= 0.3 is 5.97 Å². The third kappa shape index (κ3) is 7.04. The molecule has 4 N–H and O–H groups in total. The van der Waals surface area contributed by atoms with Crippen molar-refractivity contribution < 1.29 is 29.1 Å². The summed E-state index contributed by atoms with van der Waals surface area (Å²) in [5.74, 6) is -3.18. The van der Waals surface area contributed by atoms with Crippen LogP contribution in [-0.2, 0) is 25.6 Å². The van der Waals surface area contributed by atoms with Gasteiger partial charge in [-0.2, -0.15) is 0 Å². The second-order valence-electron chi connectivity index (χ2n) is 10.2. The second kappa shape index (κ2) is 12.3. The van der Waals surface area contributed by atoms with Crippen LogP contribution in [0.3, 0.4) is 0 Å². The molecule has 204 valence electrons. The summed E-state index contributed by atoms with van der Waals surface area (Å²) in [6, 6.07) is 17.0. The smallest absolute Gasteiger partial charge is 0.305 e. The van der Waals surface area contributed by atoms with Gasteiger partial charge in [-0.15, -0.1) is 0 Å². The van der Waals surface area contributed by atoms with E-state index in [0.717, 1.165) is 10.9 Å². The Labute approximate surface area is 226 Å². The molecule has 0 aliphatic rings. The van der Waals surface area contributed by atoms with E-state index in [9.17, 15) is 24.0 Å². The van der Waals surface area contributed by atoms with E-state index in [4.69, 9.17) is 5.11 Å². The van der Waals surface area contributed by atoms with Crippen molar-refractivity contribution in [2.24, 2.45) is 5.41 Å². The highest BCUT2D eigenvalue weighted by Gasteiger charge is 2.50. The van der Waals surface area contributed by atoms with Gasteiger partial charge in [-0.1, -0.05) is 75.4 Å². The van der Waals surface area contributed by atoms with Crippen LogP contribution < -0.4 is 16.0 Å². The van der Waals surface area contributed by atoms with Gasteiger partial charge in [0.15, 0.2) is 0 Å². The van der Waals surface area contributed by atoms with Gasteiger partial charge in [-0.3, -0.25) is 24.2 Å². The standard InChI is InChI=1S/C29H32N4O6/c1-28(2,3)29(16-19-9-5-4-6-10-19,27(39)31-17-23(35)32-21(18-34)15-24(36)37)33-26(38)25-22-12-8-7-11-20(22)13-14-30-25/h4-14,18,21H,15-17H2,1-3H3,(H,31,39)(H,32,35)(H,33,38)(H,36,37)/t21-,29?/m0/s1. The van der Waals surface area contributed by atoms with E-state index in [1.165, 1.54) is 6.20 Å². The normalized spacial score (nSPS) is 13.5. The fourth-order valence-corrected chi connectivity index (χ4v) is 4.32. The SMILES string of the molecule is CC(C)(C)C(Cc1ccccc1)(NC(=O)c1nccc2ccccc12)C(=O)NCC(=O)N[C@H](C=O)CC(=O)O. The summed E-state index contributed by atoms with van der Waals surface area (Å²) in [4.78, 5) is 66.4. The zero-order valence-corrected chi connectivity index (χ0v) is 22.1. The summed E-state index contributed by atoms with van der Waals surface area (Å²) in [6.45, 7) is 4.89. The highest BCUT2D eigenvalue weighted by atomic mass is 16.4. The first-order valence-electron chi connectivity index (χ1n) is 12.4. The predicted octanol–water partition coefficient (Wildman–Crippen LogP) is 2.27. The molecule has 0 fully saturated rings. The van der Waals surface area contributed by atoms with Crippen LogP contribution in [0.25, 0.3) is 10.8 Å². The molecule has 0 saturated heterocycles. The Morgan fingerprint density at radius 2 is 1.64 bits per heavy atom. The Morgan fingerprint density at radius 1 is 0.974 bits per heavy atom. The van der Waals surface area contributed by atoms with Crippen molar-refractivity contribution in [2.45, 2.75) is 45.2 Å². The lowest BCUT2D eigenvalue weighted by Crippen LogP contribution is -2.67. The summed E-state index contributed by atoms with van der Waals surface area (Å²) < 4.78 is 0. The molecule has 2 aromatic carbocycles. The van der Waals surface area contributed by atoms with E-state index < -0.39 is 53.7 Å². The molecule has 10 heteroatoms. The van der Waals surface area contributed by atoms with Crippen molar-refractivity contribution in [1.82, 2.24) is 20.9 Å². The van der Waals surface area contributed by atoms with Crippen LogP contribution in [0, 0.1) is 5.41 Å². The molecule has 0 saturated carbocycles. The number of carbonyl (C=O) groups excluding carboxylic acids is 4. The zero-order chi connectivity index (χ0) is 28.6. The molecule has 0 bridgehead atoms. The molecule has 3 rings (SSSR count). The molecule has 3 aromatic rings. The van der Waals surface area contributed by atoms with Crippen LogP contribution in [-0.4, -0.2) is 58.2 Å². The number of amides is 3. The summed E-state index contributed by atoms with van der Waals surface area (Å²) in [6.07, 6.45) is 1.37. The van der Waals surface area contributed by atoms with E-state index in [2.05, 4.69) is 20.9 Å². The number of pyridine rings is 1. The minimum atomic E-state index is -1.53. The Bertz CT molecular complexity index is 1360. The van der Waals surface area contributed by atoms with Crippen LogP contribution in [0.1, 0.15) is 43.2 Å². The van der Waals surface area contributed by atoms with Gasteiger partial charge in [-0.25, -0.2) is 0 Å². The molecule has 1 heterocycles. The third-order valence-corrected chi connectivity index (χ3v) is 6.51. The lowest BCUT2D eigenvalue weighted by atomic mass is 9.69. The minimum Gasteiger partial charge on any atom is -0.481 e. The number of carboxylic acids is 1. The van der Waals surface area contributed by atoms with Crippen molar-refractivity contribution in [3.05, 3.63) is 78.1 Å². The first-order chi connectivity index (χ1) is 18.5. The summed E-state index contributed by atoms with van der Waals surface area (Å²) in [5, 5.41) is 18.1. The first-order valence-corrected chi connectivity index (χ1v) is 12.4. The van der Waals surface area contributed by atoms with Crippen molar-refractivity contribution in [3.8, 4) is 0 Å². The molecular formula is C29H32N4O6.